The number of benzene rings is 1. The van der Waals surface area contributed by atoms with Gasteiger partial charge in [-0.15, -0.1) is 11.8 Å². The Morgan fingerprint density at radius 1 is 0.968 bits per heavy atom. The van der Waals surface area contributed by atoms with Crippen LogP contribution in [0.25, 0.3) is 0 Å². The van der Waals surface area contributed by atoms with Crippen LogP contribution in [0.15, 0.2) is 47.6 Å². The monoisotopic (exact) mass is 440 g/mol. The number of para-hydroxylation sites is 1. The van der Waals surface area contributed by atoms with Gasteiger partial charge in [0.1, 0.15) is 0 Å². The van der Waals surface area contributed by atoms with Crippen LogP contribution in [0.4, 0.5) is 11.6 Å². The number of nitrogens with one attached hydrogen (secondary N) is 1. The molecule has 0 saturated carbocycles. The number of amides is 2. The Morgan fingerprint density at radius 2 is 1.74 bits per heavy atom. The van der Waals surface area contributed by atoms with Gasteiger partial charge in [-0.05, 0) is 18.2 Å². The number of aromatic nitrogens is 2. The quantitative estimate of drug-likeness (QED) is 0.701. The fourth-order valence-electron chi connectivity index (χ4n) is 3.85. The Morgan fingerprint density at radius 3 is 2.55 bits per heavy atom. The average Bonchev–Trinajstić information content (AvgIpc) is 2.83. The fraction of sp³-hybridized carbons (Fsp3) is 0.455. The first kappa shape index (κ1) is 21.6. The molecule has 2 amide bonds. The number of piperazine rings is 1. The van der Waals surface area contributed by atoms with E-state index in [1.54, 1.807) is 24.2 Å². The van der Waals surface area contributed by atoms with Crippen molar-refractivity contribution in [2.24, 2.45) is 0 Å². The van der Waals surface area contributed by atoms with Crippen LogP contribution in [0.2, 0.25) is 0 Å². The normalized spacial score (nSPS) is 16.6. The van der Waals surface area contributed by atoms with Crippen LogP contribution in [0.5, 0.6) is 0 Å². The van der Waals surface area contributed by atoms with Crippen molar-refractivity contribution >= 4 is 35.2 Å². The van der Waals surface area contributed by atoms with Gasteiger partial charge in [0.05, 0.1) is 5.69 Å². The Balaban J connectivity index is 1.14. The van der Waals surface area contributed by atoms with Crippen LogP contribution in [-0.2, 0) is 9.59 Å². The van der Waals surface area contributed by atoms with Crippen molar-refractivity contribution in [1.82, 2.24) is 20.2 Å². The van der Waals surface area contributed by atoms with E-state index in [-0.39, 0.29) is 24.7 Å². The van der Waals surface area contributed by atoms with Crippen LogP contribution < -0.4 is 15.1 Å². The highest BCUT2D eigenvalue weighted by Crippen LogP contribution is 2.34. The lowest BCUT2D eigenvalue weighted by Crippen LogP contribution is -2.49. The molecular formula is C22H28N6O2S. The lowest BCUT2D eigenvalue weighted by molar-refractivity contribution is -0.125. The molecule has 0 unspecified atom stereocenters. The highest BCUT2D eigenvalue weighted by molar-refractivity contribution is 7.99. The molecule has 9 heteroatoms. The summed E-state index contributed by atoms with van der Waals surface area (Å²) in [7, 11) is 0. The van der Waals surface area contributed by atoms with E-state index >= 15 is 0 Å². The maximum absolute atomic E-state index is 12.6. The molecule has 31 heavy (non-hydrogen) atoms. The molecule has 0 aliphatic carbocycles. The first-order valence-electron chi connectivity index (χ1n) is 10.7. The Hall–Kier alpha value is -2.65. The second-order valence-electron chi connectivity index (χ2n) is 7.59. The molecule has 1 aromatic carbocycles. The molecule has 0 atom stereocenters. The minimum absolute atomic E-state index is 0.0159. The number of thioether (sulfide) groups is 1. The van der Waals surface area contributed by atoms with E-state index in [1.165, 1.54) is 0 Å². The van der Waals surface area contributed by atoms with Gasteiger partial charge >= 0.3 is 0 Å². The minimum atomic E-state index is -0.0654. The first-order valence-corrected chi connectivity index (χ1v) is 11.7. The summed E-state index contributed by atoms with van der Waals surface area (Å²) < 4.78 is 0. The highest BCUT2D eigenvalue weighted by atomic mass is 32.2. The van der Waals surface area contributed by atoms with Crippen molar-refractivity contribution in [3.8, 4) is 0 Å². The molecule has 2 aromatic rings. The van der Waals surface area contributed by atoms with Crippen LogP contribution in [0.3, 0.4) is 0 Å². The molecule has 1 aromatic heterocycles. The second-order valence-corrected chi connectivity index (χ2v) is 8.73. The third-order valence-electron chi connectivity index (χ3n) is 5.55. The average molecular weight is 441 g/mol. The smallest absolute Gasteiger partial charge is 0.227 e. The van der Waals surface area contributed by atoms with Crippen molar-refractivity contribution in [2.75, 3.05) is 61.4 Å². The topological polar surface area (TPSA) is 81.7 Å². The summed E-state index contributed by atoms with van der Waals surface area (Å²) in [5.74, 6) is 1.61. The van der Waals surface area contributed by atoms with E-state index in [0.29, 0.717) is 13.1 Å². The number of rotatable bonds is 7. The minimum Gasteiger partial charge on any atom is -0.355 e. The standard InChI is InChI=1S/C22H28N6O2S/c29-20(6-7-21(30)28-16-17-31-19-5-2-1-4-18(19)28)23-10-11-26-12-14-27(15-13-26)22-24-8-3-9-25-22/h1-5,8-9H,6-7,10-17H2,(H,23,29). The first-order chi connectivity index (χ1) is 15.2. The van der Waals surface area contributed by atoms with Gasteiger partial charge in [0.25, 0.3) is 0 Å². The van der Waals surface area contributed by atoms with Gasteiger partial charge in [0, 0.05) is 81.7 Å². The number of anilines is 2. The number of hydrogen-bond donors (Lipinski definition) is 1. The van der Waals surface area contributed by atoms with Crippen LogP contribution in [0.1, 0.15) is 12.8 Å². The van der Waals surface area contributed by atoms with E-state index in [9.17, 15) is 9.59 Å². The Labute approximate surface area is 187 Å². The van der Waals surface area contributed by atoms with Gasteiger partial charge in [-0.1, -0.05) is 12.1 Å². The highest BCUT2D eigenvalue weighted by Gasteiger charge is 2.23. The zero-order valence-electron chi connectivity index (χ0n) is 17.6. The van der Waals surface area contributed by atoms with Crippen molar-refractivity contribution in [1.29, 1.82) is 0 Å². The van der Waals surface area contributed by atoms with E-state index in [2.05, 4.69) is 25.1 Å². The molecule has 0 radical (unpaired) electrons. The summed E-state index contributed by atoms with van der Waals surface area (Å²) in [6.07, 6.45) is 3.99. The maximum atomic E-state index is 12.6. The molecule has 2 aliphatic heterocycles. The molecule has 8 nitrogen and oxygen atoms in total. The number of hydrogen-bond acceptors (Lipinski definition) is 7. The number of carbonyl (C=O) groups excluding carboxylic acids is 2. The van der Waals surface area contributed by atoms with E-state index in [0.717, 1.165) is 55.0 Å². The summed E-state index contributed by atoms with van der Waals surface area (Å²) in [5.41, 5.74) is 0.962. The fourth-order valence-corrected chi connectivity index (χ4v) is 4.85. The Bertz CT molecular complexity index is 889. The summed E-state index contributed by atoms with van der Waals surface area (Å²) in [4.78, 5) is 40.9. The van der Waals surface area contributed by atoms with Gasteiger partial charge in [0.15, 0.2) is 0 Å². The van der Waals surface area contributed by atoms with Crippen molar-refractivity contribution in [3.63, 3.8) is 0 Å². The van der Waals surface area contributed by atoms with Crippen LogP contribution >= 0.6 is 11.8 Å². The van der Waals surface area contributed by atoms with Crippen molar-refractivity contribution in [3.05, 3.63) is 42.7 Å². The van der Waals surface area contributed by atoms with Crippen LogP contribution in [0, 0.1) is 0 Å². The van der Waals surface area contributed by atoms with E-state index in [4.69, 9.17) is 0 Å². The molecule has 0 spiro atoms. The van der Waals surface area contributed by atoms with Gasteiger partial charge in [0.2, 0.25) is 17.8 Å². The molecule has 4 rings (SSSR count). The van der Waals surface area contributed by atoms with E-state index in [1.807, 2.05) is 35.2 Å². The number of nitrogens with zero attached hydrogens (tertiary/aromatic N) is 5. The zero-order valence-corrected chi connectivity index (χ0v) is 18.4. The predicted octanol–water partition coefficient (Wildman–Crippen LogP) is 1.63. The summed E-state index contributed by atoms with van der Waals surface area (Å²) in [6, 6.07) is 9.77. The SMILES string of the molecule is O=C(CCC(=O)N1CCSc2ccccc21)NCCN1CCN(c2ncccn2)CC1. The second kappa shape index (κ2) is 10.6. The van der Waals surface area contributed by atoms with Gasteiger partial charge in [-0.25, -0.2) is 9.97 Å². The lowest BCUT2D eigenvalue weighted by Gasteiger charge is -2.34. The molecule has 2 aliphatic rings. The van der Waals surface area contributed by atoms with Gasteiger partial charge in [-0.3, -0.25) is 14.5 Å². The summed E-state index contributed by atoms with van der Waals surface area (Å²) in [6.45, 7) is 5.68. The zero-order chi connectivity index (χ0) is 21.5. The maximum Gasteiger partial charge on any atom is 0.227 e. The Kier molecular flexibility index (Phi) is 7.37. The molecule has 3 heterocycles. The van der Waals surface area contributed by atoms with Crippen molar-refractivity contribution < 1.29 is 9.59 Å². The third-order valence-corrected chi connectivity index (χ3v) is 6.60. The molecule has 1 N–H and O–H groups in total. The van der Waals surface area contributed by atoms with Gasteiger partial charge in [-0.2, -0.15) is 0 Å². The molecule has 1 fully saturated rings. The largest absolute Gasteiger partial charge is 0.355 e. The molecule has 1 saturated heterocycles. The lowest BCUT2D eigenvalue weighted by atomic mass is 10.2. The van der Waals surface area contributed by atoms with Crippen LogP contribution in [-0.4, -0.2) is 78.2 Å². The molecule has 0 bridgehead atoms. The van der Waals surface area contributed by atoms with Crippen molar-refractivity contribution in [2.45, 2.75) is 17.7 Å². The van der Waals surface area contributed by atoms with Gasteiger partial charge < -0.3 is 15.1 Å². The molecule has 164 valence electrons. The number of fused-ring (bicyclic) bond motifs is 1. The number of carbonyl (C=O) groups is 2. The molecular weight excluding hydrogens is 412 g/mol. The third kappa shape index (κ3) is 5.74. The summed E-state index contributed by atoms with van der Waals surface area (Å²) >= 11 is 1.77. The summed E-state index contributed by atoms with van der Waals surface area (Å²) in [5, 5.41) is 2.96. The predicted molar refractivity (Wildman–Crippen MR) is 122 cm³/mol. The van der Waals surface area contributed by atoms with E-state index < -0.39 is 0 Å².